The second-order valence-corrected chi connectivity index (χ2v) is 5.29. The van der Waals surface area contributed by atoms with E-state index in [0.29, 0.717) is 6.04 Å². The van der Waals surface area contributed by atoms with Crippen LogP contribution in [0.5, 0.6) is 0 Å². The Bertz CT molecular complexity index is 477. The lowest BCUT2D eigenvalue weighted by Crippen LogP contribution is -2.14. The zero-order valence-corrected chi connectivity index (χ0v) is 12.9. The quantitative estimate of drug-likeness (QED) is 0.757. The van der Waals surface area contributed by atoms with Gasteiger partial charge in [-0.1, -0.05) is 61.0 Å². The van der Waals surface area contributed by atoms with Crippen LogP contribution in [0.4, 0.5) is 0 Å². The maximum atomic E-state index is 5.76. The SMILES string of the molecule is CC(N)CCCCc1ccc(-c2ccccc2)cc1.Cl. The number of nitrogens with two attached hydrogens (primary N) is 1. The van der Waals surface area contributed by atoms with Gasteiger partial charge in [0.25, 0.3) is 0 Å². The van der Waals surface area contributed by atoms with Gasteiger partial charge in [0.05, 0.1) is 0 Å². The van der Waals surface area contributed by atoms with Crippen LogP contribution in [0.15, 0.2) is 54.6 Å². The first kappa shape index (κ1) is 16.7. The highest BCUT2D eigenvalue weighted by atomic mass is 35.5. The summed E-state index contributed by atoms with van der Waals surface area (Å²) >= 11 is 0. The number of rotatable bonds is 6. The van der Waals surface area contributed by atoms with Gasteiger partial charge in [0.15, 0.2) is 0 Å². The molecule has 0 aliphatic rings. The van der Waals surface area contributed by atoms with E-state index in [9.17, 15) is 0 Å². The Balaban J connectivity index is 0.00000200. The number of aryl methyl sites for hydroxylation is 1. The van der Waals surface area contributed by atoms with Crippen molar-refractivity contribution in [3.63, 3.8) is 0 Å². The summed E-state index contributed by atoms with van der Waals surface area (Å²) in [5, 5.41) is 0. The monoisotopic (exact) mass is 289 g/mol. The molecule has 0 heterocycles. The minimum atomic E-state index is 0. The van der Waals surface area contributed by atoms with Crippen molar-refractivity contribution in [3.8, 4) is 11.1 Å². The van der Waals surface area contributed by atoms with E-state index < -0.39 is 0 Å². The lowest BCUT2D eigenvalue weighted by Gasteiger charge is -2.06. The molecule has 2 aromatic carbocycles. The van der Waals surface area contributed by atoms with Crippen molar-refractivity contribution in [1.29, 1.82) is 0 Å². The molecular formula is C18H24ClN. The molecule has 2 rings (SSSR count). The number of hydrogen-bond acceptors (Lipinski definition) is 1. The predicted molar refractivity (Wildman–Crippen MR) is 90.3 cm³/mol. The van der Waals surface area contributed by atoms with Gasteiger partial charge in [0, 0.05) is 6.04 Å². The fraction of sp³-hybridized carbons (Fsp3) is 0.333. The summed E-state index contributed by atoms with van der Waals surface area (Å²) < 4.78 is 0. The molecule has 0 saturated heterocycles. The van der Waals surface area contributed by atoms with Crippen molar-refractivity contribution in [2.45, 2.75) is 38.6 Å². The predicted octanol–water partition coefficient (Wildman–Crippen LogP) is 4.84. The third kappa shape index (κ3) is 5.36. The molecule has 108 valence electrons. The Kier molecular flexibility index (Phi) is 7.35. The molecular weight excluding hydrogens is 266 g/mol. The largest absolute Gasteiger partial charge is 0.328 e. The minimum absolute atomic E-state index is 0. The first-order valence-corrected chi connectivity index (χ1v) is 7.15. The van der Waals surface area contributed by atoms with Crippen LogP contribution in [0.3, 0.4) is 0 Å². The second kappa shape index (κ2) is 8.78. The molecule has 2 heteroatoms. The molecule has 1 unspecified atom stereocenters. The van der Waals surface area contributed by atoms with Gasteiger partial charge in [-0.15, -0.1) is 12.4 Å². The van der Waals surface area contributed by atoms with Crippen LogP contribution in [0, 0.1) is 0 Å². The van der Waals surface area contributed by atoms with E-state index in [-0.39, 0.29) is 12.4 Å². The van der Waals surface area contributed by atoms with Crippen LogP contribution in [-0.4, -0.2) is 6.04 Å². The van der Waals surface area contributed by atoms with E-state index >= 15 is 0 Å². The highest BCUT2D eigenvalue weighted by Crippen LogP contribution is 2.19. The van der Waals surface area contributed by atoms with Crippen molar-refractivity contribution >= 4 is 12.4 Å². The average Bonchev–Trinajstić information content (AvgIpc) is 2.45. The Morgan fingerprint density at radius 1 is 0.850 bits per heavy atom. The molecule has 1 atom stereocenters. The van der Waals surface area contributed by atoms with E-state index in [4.69, 9.17) is 5.73 Å². The van der Waals surface area contributed by atoms with Crippen molar-refractivity contribution < 1.29 is 0 Å². The van der Waals surface area contributed by atoms with Gasteiger partial charge in [-0.2, -0.15) is 0 Å². The normalized spacial score (nSPS) is 11.7. The molecule has 0 aliphatic heterocycles. The summed E-state index contributed by atoms with van der Waals surface area (Å²) in [6.45, 7) is 2.08. The summed E-state index contributed by atoms with van der Waals surface area (Å²) in [4.78, 5) is 0. The van der Waals surface area contributed by atoms with Crippen molar-refractivity contribution in [1.82, 2.24) is 0 Å². The third-order valence-electron chi connectivity index (χ3n) is 3.44. The highest BCUT2D eigenvalue weighted by Gasteiger charge is 1.99. The molecule has 0 saturated carbocycles. The zero-order chi connectivity index (χ0) is 13.5. The van der Waals surface area contributed by atoms with Gasteiger partial charge in [-0.05, 0) is 42.9 Å². The zero-order valence-electron chi connectivity index (χ0n) is 12.1. The Morgan fingerprint density at radius 3 is 2.05 bits per heavy atom. The molecule has 0 bridgehead atoms. The van der Waals surface area contributed by atoms with Gasteiger partial charge in [0.2, 0.25) is 0 Å². The van der Waals surface area contributed by atoms with Gasteiger partial charge in [-0.25, -0.2) is 0 Å². The molecule has 2 aromatic rings. The highest BCUT2D eigenvalue weighted by molar-refractivity contribution is 5.85. The van der Waals surface area contributed by atoms with Gasteiger partial charge < -0.3 is 5.73 Å². The van der Waals surface area contributed by atoms with Crippen LogP contribution >= 0.6 is 12.4 Å². The smallest absolute Gasteiger partial charge is 0.00104 e. The number of benzene rings is 2. The summed E-state index contributed by atoms with van der Waals surface area (Å²) in [6.07, 6.45) is 4.73. The molecule has 20 heavy (non-hydrogen) atoms. The summed E-state index contributed by atoms with van der Waals surface area (Å²) in [5.41, 5.74) is 9.75. The molecule has 0 aromatic heterocycles. The Hall–Kier alpha value is -1.31. The number of hydrogen-bond donors (Lipinski definition) is 1. The first-order chi connectivity index (χ1) is 9.25. The lowest BCUT2D eigenvalue weighted by atomic mass is 10.0. The third-order valence-corrected chi connectivity index (χ3v) is 3.44. The van der Waals surface area contributed by atoms with Gasteiger partial charge in [-0.3, -0.25) is 0 Å². The summed E-state index contributed by atoms with van der Waals surface area (Å²) in [5.74, 6) is 0. The number of halogens is 1. The molecule has 1 nitrogen and oxygen atoms in total. The molecule has 0 fully saturated rings. The molecule has 0 amide bonds. The van der Waals surface area contributed by atoms with E-state index in [0.717, 1.165) is 12.8 Å². The fourth-order valence-corrected chi connectivity index (χ4v) is 2.29. The number of unbranched alkanes of at least 4 members (excludes halogenated alkanes) is 1. The minimum Gasteiger partial charge on any atom is -0.328 e. The van der Waals surface area contributed by atoms with Crippen LogP contribution in [0.25, 0.3) is 11.1 Å². The lowest BCUT2D eigenvalue weighted by molar-refractivity contribution is 0.597. The molecule has 0 spiro atoms. The molecule has 2 N–H and O–H groups in total. The van der Waals surface area contributed by atoms with E-state index in [1.54, 1.807) is 0 Å². The van der Waals surface area contributed by atoms with E-state index in [1.165, 1.54) is 29.5 Å². The Labute approximate surface area is 128 Å². The standard InChI is InChI=1S/C18H23N.ClH/c1-15(19)7-5-6-8-16-11-13-18(14-12-16)17-9-3-2-4-10-17;/h2-4,9-15H,5-8,19H2,1H3;1H. The molecule has 0 radical (unpaired) electrons. The summed E-state index contributed by atoms with van der Waals surface area (Å²) in [6, 6.07) is 19.8. The van der Waals surface area contributed by atoms with Crippen molar-refractivity contribution in [2.75, 3.05) is 0 Å². The first-order valence-electron chi connectivity index (χ1n) is 7.15. The van der Waals surface area contributed by atoms with Crippen LogP contribution in [0.1, 0.15) is 31.7 Å². The fourth-order valence-electron chi connectivity index (χ4n) is 2.29. The van der Waals surface area contributed by atoms with Gasteiger partial charge in [0.1, 0.15) is 0 Å². The molecule has 0 aliphatic carbocycles. The van der Waals surface area contributed by atoms with Crippen molar-refractivity contribution in [2.24, 2.45) is 5.73 Å². The Morgan fingerprint density at radius 2 is 1.45 bits per heavy atom. The van der Waals surface area contributed by atoms with Crippen LogP contribution < -0.4 is 5.73 Å². The maximum Gasteiger partial charge on any atom is 0.00104 e. The van der Waals surface area contributed by atoms with E-state index in [2.05, 4.69) is 61.5 Å². The average molecular weight is 290 g/mol. The van der Waals surface area contributed by atoms with Gasteiger partial charge >= 0.3 is 0 Å². The topological polar surface area (TPSA) is 26.0 Å². The van der Waals surface area contributed by atoms with Crippen LogP contribution in [0.2, 0.25) is 0 Å². The summed E-state index contributed by atoms with van der Waals surface area (Å²) in [7, 11) is 0. The van der Waals surface area contributed by atoms with E-state index in [1.807, 2.05) is 0 Å². The maximum absolute atomic E-state index is 5.76. The van der Waals surface area contributed by atoms with Crippen LogP contribution in [-0.2, 0) is 6.42 Å². The second-order valence-electron chi connectivity index (χ2n) is 5.29. The van der Waals surface area contributed by atoms with Crippen molar-refractivity contribution in [3.05, 3.63) is 60.2 Å².